The molecule has 244 valence electrons. The highest BCUT2D eigenvalue weighted by Crippen LogP contribution is 2.49. The van der Waals surface area contributed by atoms with Gasteiger partial charge in [0.15, 0.2) is 0 Å². The number of carbonyl (C=O) groups is 2. The first-order valence-corrected chi connectivity index (χ1v) is 16.1. The molecule has 6 rings (SSSR count). The van der Waals surface area contributed by atoms with E-state index >= 15 is 0 Å². The number of aromatic hydroxyl groups is 3. The van der Waals surface area contributed by atoms with Gasteiger partial charge in [-0.25, -0.2) is 0 Å². The van der Waals surface area contributed by atoms with Gasteiger partial charge in [0.2, 0.25) is 11.6 Å². The van der Waals surface area contributed by atoms with Crippen LogP contribution in [0.3, 0.4) is 0 Å². The predicted molar refractivity (Wildman–Crippen MR) is 192 cm³/mol. The molecule has 1 aliphatic rings. The van der Waals surface area contributed by atoms with Crippen molar-refractivity contribution in [2.45, 2.75) is 59.8 Å². The smallest absolute Gasteiger partial charge is 0.233 e. The largest absolute Gasteiger partial charge is 0.508 e. The maximum Gasteiger partial charge on any atom is 0.233 e. The van der Waals surface area contributed by atoms with Crippen molar-refractivity contribution in [1.29, 1.82) is 0 Å². The molecule has 0 atom stereocenters. The number of carbonyl (C=O) groups excluding carboxylic acids is 2. The molecule has 0 aliphatic heterocycles. The molecule has 48 heavy (non-hydrogen) atoms. The third-order valence-electron chi connectivity index (χ3n) is 9.48. The van der Waals surface area contributed by atoms with E-state index in [0.717, 1.165) is 68.5 Å². The van der Waals surface area contributed by atoms with Gasteiger partial charge < -0.3 is 15.3 Å². The van der Waals surface area contributed by atoms with Gasteiger partial charge in [0.1, 0.15) is 17.2 Å². The molecule has 3 N–H and O–H groups in total. The molecule has 0 saturated carbocycles. The summed E-state index contributed by atoms with van der Waals surface area (Å²) >= 11 is 0. The number of benzene rings is 5. The summed E-state index contributed by atoms with van der Waals surface area (Å²) in [6.07, 6.45) is 4.58. The molecule has 0 heterocycles. The number of hydrogen-bond acceptors (Lipinski definition) is 5. The number of aryl methyl sites for hydroxylation is 7. The Hall–Kier alpha value is -5.42. The van der Waals surface area contributed by atoms with Crippen molar-refractivity contribution in [2.24, 2.45) is 0 Å². The molecule has 0 saturated heterocycles. The average molecular weight is 639 g/mol. The summed E-state index contributed by atoms with van der Waals surface area (Å²) in [7, 11) is 0. The first-order chi connectivity index (χ1) is 22.8. The van der Waals surface area contributed by atoms with Crippen molar-refractivity contribution in [3.8, 4) is 17.2 Å². The molecule has 0 unspecified atom stereocenters. The van der Waals surface area contributed by atoms with Crippen LogP contribution < -0.4 is 0 Å². The second-order valence-electron chi connectivity index (χ2n) is 12.9. The minimum absolute atomic E-state index is 0.283. The first kappa shape index (κ1) is 33.9. The van der Waals surface area contributed by atoms with E-state index in [1.165, 1.54) is 11.6 Å². The SMILES string of the molecule is Cc1cc(C(CCc2ccccc2)(c2cc(C)c(O)cc2C)c2cc(C)c(O)cc2C)c(C)cc1O.O=C1C=Cc2ccccc2C1=O. The molecule has 5 aromatic rings. The summed E-state index contributed by atoms with van der Waals surface area (Å²) in [4.78, 5) is 22.1. The predicted octanol–water partition coefficient (Wildman–Crippen LogP) is 9.09. The molecule has 0 amide bonds. The fourth-order valence-electron chi connectivity index (χ4n) is 6.82. The Balaban J connectivity index is 0.000000313. The van der Waals surface area contributed by atoms with E-state index in [4.69, 9.17) is 0 Å². The van der Waals surface area contributed by atoms with Crippen LogP contribution >= 0.6 is 0 Å². The lowest BCUT2D eigenvalue weighted by Crippen LogP contribution is -2.33. The molecule has 0 bridgehead atoms. The fourth-order valence-corrected chi connectivity index (χ4v) is 6.82. The third-order valence-corrected chi connectivity index (χ3v) is 9.48. The number of phenolic OH excluding ortho intramolecular Hbond substituents is 3. The van der Waals surface area contributed by atoms with Crippen molar-refractivity contribution >= 4 is 17.6 Å². The molecule has 0 spiro atoms. The van der Waals surface area contributed by atoms with Crippen LogP contribution in [0.4, 0.5) is 0 Å². The van der Waals surface area contributed by atoms with E-state index < -0.39 is 17.0 Å². The van der Waals surface area contributed by atoms with E-state index in [9.17, 15) is 24.9 Å². The number of allylic oxidation sites excluding steroid dienone is 1. The van der Waals surface area contributed by atoms with Crippen molar-refractivity contribution in [1.82, 2.24) is 0 Å². The molecule has 5 heteroatoms. The standard InChI is InChI=1S/C33H36O3.C10H6O2/c1-20-17-30(34)23(4)14-27(20)33(13-12-26-10-8-7-9-11-26,28-15-24(5)31(35)18-21(28)2)29-16-25(6)32(36)19-22(29)3;11-9-6-5-7-3-1-2-4-8(7)10(9)12/h7-11,14-19,34-36H,12-13H2,1-6H3;1-6H. The summed E-state index contributed by atoms with van der Waals surface area (Å²) in [5.41, 5.74) is 10.8. The van der Waals surface area contributed by atoms with Crippen LogP contribution in [0.2, 0.25) is 0 Å². The quantitative estimate of drug-likeness (QED) is 0.127. The lowest BCUT2D eigenvalue weighted by atomic mass is 9.62. The van der Waals surface area contributed by atoms with Gasteiger partial charge in [-0.3, -0.25) is 9.59 Å². The van der Waals surface area contributed by atoms with Crippen LogP contribution in [0, 0.1) is 41.5 Å². The van der Waals surface area contributed by atoms with Gasteiger partial charge in [0, 0.05) is 11.0 Å². The lowest BCUT2D eigenvalue weighted by Gasteiger charge is -2.40. The van der Waals surface area contributed by atoms with E-state index in [0.29, 0.717) is 5.56 Å². The number of phenols is 3. The van der Waals surface area contributed by atoms with E-state index in [1.54, 1.807) is 18.2 Å². The summed E-state index contributed by atoms with van der Waals surface area (Å²) in [5.74, 6) is 0.00285. The average Bonchev–Trinajstić information content (AvgIpc) is 3.06. The zero-order valence-electron chi connectivity index (χ0n) is 28.4. The number of Topliss-reactive ketones (excluding diaryl/α,β-unsaturated/α-hetero) is 1. The summed E-state index contributed by atoms with van der Waals surface area (Å²) in [5, 5.41) is 31.6. The van der Waals surface area contributed by atoms with Crippen LogP contribution in [-0.4, -0.2) is 26.9 Å². The van der Waals surface area contributed by atoms with Gasteiger partial charge in [0.05, 0.1) is 0 Å². The highest BCUT2D eigenvalue weighted by atomic mass is 16.3. The van der Waals surface area contributed by atoms with Crippen LogP contribution in [-0.2, 0) is 16.6 Å². The molecule has 5 aromatic carbocycles. The fraction of sp³-hybridized carbons (Fsp3) is 0.209. The van der Waals surface area contributed by atoms with Crippen LogP contribution in [0.15, 0.2) is 97.1 Å². The third kappa shape index (κ3) is 6.54. The van der Waals surface area contributed by atoms with Crippen LogP contribution in [0.1, 0.15) is 78.0 Å². The Morgan fingerprint density at radius 1 is 0.521 bits per heavy atom. The highest BCUT2D eigenvalue weighted by molar-refractivity contribution is 6.49. The molecule has 0 aromatic heterocycles. The highest BCUT2D eigenvalue weighted by Gasteiger charge is 2.40. The van der Waals surface area contributed by atoms with Crippen molar-refractivity contribution in [3.63, 3.8) is 0 Å². The van der Waals surface area contributed by atoms with Gasteiger partial charge in [0.25, 0.3) is 0 Å². The van der Waals surface area contributed by atoms with Gasteiger partial charge in [-0.1, -0.05) is 78.9 Å². The lowest BCUT2D eigenvalue weighted by molar-refractivity contribution is -0.110. The van der Waals surface area contributed by atoms with Crippen LogP contribution in [0.25, 0.3) is 6.08 Å². The van der Waals surface area contributed by atoms with Crippen molar-refractivity contribution in [2.75, 3.05) is 0 Å². The monoisotopic (exact) mass is 638 g/mol. The van der Waals surface area contributed by atoms with Gasteiger partial charge in [-0.2, -0.15) is 0 Å². The number of hydrogen-bond donors (Lipinski definition) is 3. The minimum atomic E-state index is -0.580. The Morgan fingerprint density at radius 2 is 0.958 bits per heavy atom. The summed E-state index contributed by atoms with van der Waals surface area (Å²) in [6, 6.07) is 29.4. The van der Waals surface area contributed by atoms with Crippen molar-refractivity contribution < 1.29 is 24.9 Å². The molecular weight excluding hydrogens is 596 g/mol. The molecule has 0 fully saturated rings. The first-order valence-electron chi connectivity index (χ1n) is 16.1. The van der Waals surface area contributed by atoms with E-state index in [-0.39, 0.29) is 17.2 Å². The second-order valence-corrected chi connectivity index (χ2v) is 12.9. The van der Waals surface area contributed by atoms with E-state index in [2.05, 4.69) is 63.2 Å². The Labute approximate surface area is 282 Å². The zero-order chi connectivity index (χ0) is 34.7. The maximum absolute atomic E-state index is 11.2. The van der Waals surface area contributed by atoms with Gasteiger partial charge >= 0.3 is 0 Å². The number of rotatable bonds is 6. The van der Waals surface area contributed by atoms with Crippen LogP contribution in [0.5, 0.6) is 17.2 Å². The molecule has 5 nitrogen and oxygen atoms in total. The Bertz CT molecular complexity index is 1910. The summed E-state index contributed by atoms with van der Waals surface area (Å²) < 4.78 is 0. The molecular formula is C43H42O5. The van der Waals surface area contributed by atoms with Crippen molar-refractivity contribution in [3.05, 3.63) is 164 Å². The zero-order valence-corrected chi connectivity index (χ0v) is 28.4. The Morgan fingerprint density at radius 3 is 1.44 bits per heavy atom. The minimum Gasteiger partial charge on any atom is -0.508 e. The molecule has 0 radical (unpaired) electrons. The van der Waals surface area contributed by atoms with Gasteiger partial charge in [-0.05, 0) is 140 Å². The number of ketones is 2. The maximum atomic E-state index is 11.2. The van der Waals surface area contributed by atoms with E-state index in [1.807, 2.05) is 57.2 Å². The normalized spacial score (nSPS) is 12.4. The number of fused-ring (bicyclic) bond motifs is 1. The second kappa shape index (κ2) is 13.7. The summed E-state index contributed by atoms with van der Waals surface area (Å²) in [6.45, 7) is 12.0. The molecule has 1 aliphatic carbocycles. The Kier molecular flexibility index (Phi) is 9.72. The topological polar surface area (TPSA) is 94.8 Å². The van der Waals surface area contributed by atoms with Gasteiger partial charge in [-0.15, -0.1) is 0 Å².